The van der Waals surface area contributed by atoms with Crippen molar-refractivity contribution in [1.82, 2.24) is 0 Å². The van der Waals surface area contributed by atoms with Crippen LogP contribution in [0.15, 0.2) is 23.8 Å². The Kier molecular flexibility index (Phi) is 2.55. The first kappa shape index (κ1) is 10.0. The highest BCUT2D eigenvalue weighted by molar-refractivity contribution is 5.27. The fourth-order valence-corrected chi connectivity index (χ4v) is 3.15. The Balaban J connectivity index is 2.26. The first-order valence-corrected chi connectivity index (χ1v) is 5.97. The molecule has 2 rings (SSSR count). The van der Waals surface area contributed by atoms with Crippen LogP contribution in [-0.2, 0) is 0 Å². The lowest BCUT2D eigenvalue weighted by Crippen LogP contribution is -2.25. The molecule has 14 heavy (non-hydrogen) atoms. The summed E-state index contributed by atoms with van der Waals surface area (Å²) in [6.07, 6.45) is 10.3. The highest BCUT2D eigenvalue weighted by Crippen LogP contribution is 2.47. The van der Waals surface area contributed by atoms with Gasteiger partial charge in [0.1, 0.15) is 0 Å². The molecule has 0 saturated heterocycles. The Morgan fingerprint density at radius 2 is 2.14 bits per heavy atom. The van der Waals surface area contributed by atoms with Crippen LogP contribution in [-0.4, -0.2) is 0 Å². The second kappa shape index (κ2) is 3.56. The van der Waals surface area contributed by atoms with Crippen molar-refractivity contribution in [1.29, 1.82) is 0 Å². The Hall–Kier alpha value is -0.520. The molecule has 0 nitrogen and oxygen atoms in total. The number of hydrogen-bond acceptors (Lipinski definition) is 0. The molecule has 0 heteroatoms. The monoisotopic (exact) mass is 190 g/mol. The third-order valence-corrected chi connectivity index (χ3v) is 4.14. The largest absolute Gasteiger partial charge is 0.103 e. The molecular weight excluding hydrogens is 168 g/mol. The maximum atomic E-state index is 3.95. The van der Waals surface area contributed by atoms with Gasteiger partial charge in [0.05, 0.1) is 0 Å². The molecule has 0 radical (unpaired) electrons. The second-order valence-electron chi connectivity index (χ2n) is 5.56. The van der Waals surface area contributed by atoms with E-state index in [2.05, 4.69) is 26.5 Å². The van der Waals surface area contributed by atoms with Crippen LogP contribution in [0.25, 0.3) is 0 Å². The summed E-state index contributed by atoms with van der Waals surface area (Å²) in [5.41, 5.74) is 4.05. The topological polar surface area (TPSA) is 0 Å². The summed E-state index contributed by atoms with van der Waals surface area (Å²) < 4.78 is 0. The van der Waals surface area contributed by atoms with E-state index in [0.29, 0.717) is 5.41 Å². The van der Waals surface area contributed by atoms with Crippen LogP contribution in [0.5, 0.6) is 0 Å². The van der Waals surface area contributed by atoms with Crippen LogP contribution in [0.4, 0.5) is 0 Å². The quantitative estimate of drug-likeness (QED) is 0.535. The SMILES string of the molecule is C=CC1CCC2=C(C1)C(C)(C)CCC2. The van der Waals surface area contributed by atoms with Crippen LogP contribution in [0.1, 0.15) is 52.4 Å². The zero-order valence-corrected chi connectivity index (χ0v) is 9.60. The summed E-state index contributed by atoms with van der Waals surface area (Å²) in [7, 11) is 0. The Morgan fingerprint density at radius 1 is 1.36 bits per heavy atom. The lowest BCUT2D eigenvalue weighted by molar-refractivity contribution is 0.320. The predicted octanol–water partition coefficient (Wildman–Crippen LogP) is 4.48. The summed E-state index contributed by atoms with van der Waals surface area (Å²) in [6.45, 7) is 8.79. The molecule has 0 aromatic carbocycles. The fourth-order valence-electron chi connectivity index (χ4n) is 3.15. The second-order valence-corrected chi connectivity index (χ2v) is 5.56. The van der Waals surface area contributed by atoms with Gasteiger partial charge in [-0.05, 0) is 49.9 Å². The molecule has 0 bridgehead atoms. The number of rotatable bonds is 1. The van der Waals surface area contributed by atoms with Gasteiger partial charge in [-0.15, -0.1) is 6.58 Å². The van der Waals surface area contributed by atoms with Gasteiger partial charge < -0.3 is 0 Å². The van der Waals surface area contributed by atoms with Crippen LogP contribution >= 0.6 is 0 Å². The van der Waals surface area contributed by atoms with Gasteiger partial charge in [0.2, 0.25) is 0 Å². The summed E-state index contributed by atoms with van der Waals surface area (Å²) in [4.78, 5) is 0. The van der Waals surface area contributed by atoms with E-state index in [4.69, 9.17) is 0 Å². The first-order valence-electron chi connectivity index (χ1n) is 5.97. The van der Waals surface area contributed by atoms with Crippen LogP contribution in [0.3, 0.4) is 0 Å². The van der Waals surface area contributed by atoms with E-state index in [1.807, 2.05) is 0 Å². The van der Waals surface area contributed by atoms with Crippen molar-refractivity contribution in [2.45, 2.75) is 52.4 Å². The fraction of sp³-hybridized carbons (Fsp3) is 0.714. The van der Waals surface area contributed by atoms with Crippen molar-refractivity contribution in [3.8, 4) is 0 Å². The summed E-state index contributed by atoms with van der Waals surface area (Å²) in [5.74, 6) is 0.756. The van der Waals surface area contributed by atoms with E-state index in [1.54, 1.807) is 11.1 Å². The van der Waals surface area contributed by atoms with Crippen molar-refractivity contribution in [3.05, 3.63) is 23.8 Å². The molecule has 1 atom stereocenters. The van der Waals surface area contributed by atoms with E-state index in [0.717, 1.165) is 5.92 Å². The van der Waals surface area contributed by atoms with E-state index >= 15 is 0 Å². The van der Waals surface area contributed by atoms with Crippen molar-refractivity contribution in [2.24, 2.45) is 11.3 Å². The molecular formula is C14H22. The molecule has 2 aliphatic rings. The summed E-state index contributed by atoms with van der Waals surface area (Å²) in [5, 5.41) is 0. The molecule has 0 aromatic heterocycles. The zero-order valence-electron chi connectivity index (χ0n) is 9.60. The van der Waals surface area contributed by atoms with Gasteiger partial charge >= 0.3 is 0 Å². The highest BCUT2D eigenvalue weighted by Gasteiger charge is 2.32. The molecule has 0 aromatic rings. The normalized spacial score (nSPS) is 31.1. The molecule has 0 N–H and O–H groups in total. The van der Waals surface area contributed by atoms with Gasteiger partial charge in [-0.3, -0.25) is 0 Å². The van der Waals surface area contributed by atoms with Crippen LogP contribution in [0.2, 0.25) is 0 Å². The maximum absolute atomic E-state index is 3.95. The molecule has 0 aliphatic heterocycles. The standard InChI is InChI=1S/C14H22/c1-4-11-7-8-12-6-5-9-14(2,3)13(12)10-11/h4,11H,1,5-10H2,2-3H3. The first-order chi connectivity index (χ1) is 6.63. The van der Waals surface area contributed by atoms with Gasteiger partial charge in [0, 0.05) is 0 Å². The molecule has 0 spiro atoms. The van der Waals surface area contributed by atoms with Gasteiger partial charge in [0.15, 0.2) is 0 Å². The molecule has 0 saturated carbocycles. The van der Waals surface area contributed by atoms with E-state index in [9.17, 15) is 0 Å². The van der Waals surface area contributed by atoms with E-state index in [1.165, 1.54) is 38.5 Å². The molecule has 0 amide bonds. The Bertz CT molecular complexity index is 268. The molecule has 2 aliphatic carbocycles. The number of allylic oxidation sites excluding steroid dienone is 3. The molecule has 0 heterocycles. The highest BCUT2D eigenvalue weighted by atomic mass is 14.4. The van der Waals surface area contributed by atoms with Crippen LogP contribution in [0, 0.1) is 11.3 Å². The third-order valence-electron chi connectivity index (χ3n) is 4.14. The molecule has 1 unspecified atom stereocenters. The van der Waals surface area contributed by atoms with Gasteiger partial charge in [-0.25, -0.2) is 0 Å². The average Bonchev–Trinajstić information content (AvgIpc) is 2.17. The zero-order chi connectivity index (χ0) is 10.2. The lowest BCUT2D eigenvalue weighted by atomic mass is 9.66. The van der Waals surface area contributed by atoms with Gasteiger partial charge in [-0.2, -0.15) is 0 Å². The smallest absolute Gasteiger partial charge is 0.0142 e. The minimum atomic E-state index is 0.481. The maximum Gasteiger partial charge on any atom is -0.0142 e. The van der Waals surface area contributed by atoms with Crippen molar-refractivity contribution in [3.63, 3.8) is 0 Å². The average molecular weight is 190 g/mol. The molecule has 0 fully saturated rings. The van der Waals surface area contributed by atoms with E-state index in [-0.39, 0.29) is 0 Å². The number of hydrogen-bond donors (Lipinski definition) is 0. The predicted molar refractivity (Wildman–Crippen MR) is 62.2 cm³/mol. The van der Waals surface area contributed by atoms with Crippen molar-refractivity contribution < 1.29 is 0 Å². The van der Waals surface area contributed by atoms with Gasteiger partial charge in [-0.1, -0.05) is 31.1 Å². The molecule has 78 valence electrons. The van der Waals surface area contributed by atoms with Crippen LogP contribution < -0.4 is 0 Å². The Labute approximate surface area is 88.1 Å². The van der Waals surface area contributed by atoms with E-state index < -0.39 is 0 Å². The van der Waals surface area contributed by atoms with Crippen molar-refractivity contribution in [2.75, 3.05) is 0 Å². The minimum Gasteiger partial charge on any atom is -0.103 e. The van der Waals surface area contributed by atoms with Gasteiger partial charge in [0.25, 0.3) is 0 Å². The lowest BCUT2D eigenvalue weighted by Gasteiger charge is -2.40. The summed E-state index contributed by atoms with van der Waals surface area (Å²) >= 11 is 0. The Morgan fingerprint density at radius 3 is 2.86 bits per heavy atom. The minimum absolute atomic E-state index is 0.481. The summed E-state index contributed by atoms with van der Waals surface area (Å²) in [6, 6.07) is 0. The third kappa shape index (κ3) is 1.67. The van der Waals surface area contributed by atoms with Crippen molar-refractivity contribution >= 4 is 0 Å².